The van der Waals surface area contributed by atoms with E-state index in [0.717, 1.165) is 12.8 Å². The number of aliphatic carboxylic acids is 1. The molecule has 0 heterocycles. The van der Waals surface area contributed by atoms with Crippen LogP contribution in [0.1, 0.15) is 36.5 Å². The first-order valence-electron chi connectivity index (χ1n) is 6.03. The lowest BCUT2D eigenvalue weighted by atomic mass is 10.1. The van der Waals surface area contributed by atoms with Gasteiger partial charge in [-0.2, -0.15) is 0 Å². The van der Waals surface area contributed by atoms with E-state index >= 15 is 0 Å². The van der Waals surface area contributed by atoms with Crippen molar-refractivity contribution in [2.75, 3.05) is 5.73 Å². The van der Waals surface area contributed by atoms with Crippen LogP contribution in [0.25, 0.3) is 0 Å². The molecule has 0 saturated carbocycles. The topological polar surface area (TPSA) is 92.4 Å². The number of amides is 1. The zero-order valence-corrected chi connectivity index (χ0v) is 11.4. The van der Waals surface area contributed by atoms with Gasteiger partial charge in [0.05, 0.1) is 0 Å². The van der Waals surface area contributed by atoms with E-state index in [-0.39, 0.29) is 5.56 Å². The van der Waals surface area contributed by atoms with Gasteiger partial charge in [-0.3, -0.25) is 4.79 Å². The Labute approximate surface area is 116 Å². The number of hydrogen-bond acceptors (Lipinski definition) is 3. The number of nitrogen functional groups attached to an aromatic ring is 1. The van der Waals surface area contributed by atoms with Gasteiger partial charge in [0.15, 0.2) is 0 Å². The molecule has 0 aliphatic rings. The minimum Gasteiger partial charge on any atom is -0.480 e. The highest BCUT2D eigenvalue weighted by molar-refractivity contribution is 6.31. The van der Waals surface area contributed by atoms with Crippen LogP contribution >= 0.6 is 11.6 Å². The van der Waals surface area contributed by atoms with Gasteiger partial charge in [-0.15, -0.1) is 0 Å². The van der Waals surface area contributed by atoms with Crippen LogP contribution in [-0.2, 0) is 4.79 Å². The molecule has 19 heavy (non-hydrogen) atoms. The molecular weight excluding hydrogens is 268 g/mol. The monoisotopic (exact) mass is 284 g/mol. The largest absolute Gasteiger partial charge is 0.480 e. The molecule has 0 spiro atoms. The lowest BCUT2D eigenvalue weighted by Gasteiger charge is -2.14. The highest BCUT2D eigenvalue weighted by Crippen LogP contribution is 2.16. The Hall–Kier alpha value is -1.75. The number of nitrogens with two attached hydrogens (primary N) is 1. The maximum Gasteiger partial charge on any atom is 0.326 e. The number of nitrogens with one attached hydrogen (secondary N) is 1. The van der Waals surface area contributed by atoms with E-state index in [1.165, 1.54) is 18.2 Å². The number of hydrogen-bond donors (Lipinski definition) is 3. The molecule has 0 aliphatic heterocycles. The zero-order chi connectivity index (χ0) is 14.4. The summed E-state index contributed by atoms with van der Waals surface area (Å²) in [5.74, 6) is -1.53. The number of halogens is 1. The number of carboxylic acid groups (broad SMARTS) is 1. The molecule has 0 saturated heterocycles. The highest BCUT2D eigenvalue weighted by atomic mass is 35.5. The van der Waals surface area contributed by atoms with E-state index in [4.69, 9.17) is 22.4 Å². The second-order valence-electron chi connectivity index (χ2n) is 4.28. The van der Waals surface area contributed by atoms with Crippen LogP contribution in [0.4, 0.5) is 5.69 Å². The van der Waals surface area contributed by atoms with Crippen LogP contribution in [-0.4, -0.2) is 23.0 Å². The molecule has 0 fully saturated rings. The standard InChI is InChI=1S/C13H17ClN2O3/c1-2-3-4-11(13(18)19)16-12(17)8-5-9(14)7-10(15)6-8/h5-7,11H,2-4,15H2,1H3,(H,16,17)(H,18,19)/t11-/m0/s1. The third kappa shape index (κ3) is 4.79. The second kappa shape index (κ2) is 6.99. The van der Waals surface area contributed by atoms with Gasteiger partial charge in [0.2, 0.25) is 0 Å². The lowest BCUT2D eigenvalue weighted by Crippen LogP contribution is -2.40. The van der Waals surface area contributed by atoms with Crippen molar-refractivity contribution < 1.29 is 14.7 Å². The van der Waals surface area contributed by atoms with E-state index in [1.807, 2.05) is 6.92 Å². The molecule has 1 atom stereocenters. The summed E-state index contributed by atoms with van der Waals surface area (Å²) >= 11 is 5.80. The summed E-state index contributed by atoms with van der Waals surface area (Å²) in [5, 5.41) is 11.8. The fourth-order valence-corrected chi connectivity index (χ4v) is 1.89. The van der Waals surface area contributed by atoms with Crippen LogP contribution in [0.3, 0.4) is 0 Å². The summed E-state index contributed by atoms with van der Waals surface area (Å²) in [4.78, 5) is 23.0. The van der Waals surface area contributed by atoms with E-state index in [9.17, 15) is 9.59 Å². The van der Waals surface area contributed by atoms with Crippen molar-refractivity contribution in [3.63, 3.8) is 0 Å². The van der Waals surface area contributed by atoms with Crippen LogP contribution in [0.15, 0.2) is 18.2 Å². The van der Waals surface area contributed by atoms with Crippen LogP contribution in [0, 0.1) is 0 Å². The first-order chi connectivity index (χ1) is 8.93. The van der Waals surface area contributed by atoms with Crippen molar-refractivity contribution >= 4 is 29.2 Å². The summed E-state index contributed by atoms with van der Waals surface area (Å²) in [6, 6.07) is 3.53. The molecule has 0 radical (unpaired) electrons. The number of carbonyl (C=O) groups excluding carboxylic acids is 1. The molecule has 0 aliphatic carbocycles. The zero-order valence-electron chi connectivity index (χ0n) is 10.6. The maximum absolute atomic E-state index is 11.9. The third-order valence-electron chi connectivity index (χ3n) is 2.63. The summed E-state index contributed by atoms with van der Waals surface area (Å²) in [7, 11) is 0. The van der Waals surface area contributed by atoms with Gasteiger partial charge < -0.3 is 16.2 Å². The third-order valence-corrected chi connectivity index (χ3v) is 2.85. The number of benzene rings is 1. The first kappa shape index (κ1) is 15.3. The summed E-state index contributed by atoms with van der Waals surface area (Å²) in [6.45, 7) is 1.96. The molecule has 1 rings (SSSR count). The Morgan fingerprint density at radius 1 is 1.42 bits per heavy atom. The molecule has 104 valence electrons. The SMILES string of the molecule is CCCC[C@H](NC(=O)c1cc(N)cc(Cl)c1)C(=O)O. The Kier molecular flexibility index (Phi) is 5.63. The molecular formula is C13H17ClN2O3. The Bertz CT molecular complexity index is 457. The van der Waals surface area contributed by atoms with E-state index in [1.54, 1.807) is 0 Å². The van der Waals surface area contributed by atoms with Gasteiger partial charge in [0, 0.05) is 16.3 Å². The lowest BCUT2D eigenvalue weighted by molar-refractivity contribution is -0.139. The predicted octanol–water partition coefficient (Wildman–Crippen LogP) is 2.30. The molecule has 0 aromatic heterocycles. The van der Waals surface area contributed by atoms with Crippen molar-refractivity contribution in [2.45, 2.75) is 32.2 Å². The molecule has 5 nitrogen and oxygen atoms in total. The van der Waals surface area contributed by atoms with Crippen molar-refractivity contribution in [1.82, 2.24) is 5.32 Å². The fraction of sp³-hybridized carbons (Fsp3) is 0.385. The Morgan fingerprint density at radius 2 is 2.11 bits per heavy atom. The van der Waals surface area contributed by atoms with Gasteiger partial charge in [0.25, 0.3) is 5.91 Å². The number of carboxylic acids is 1. The van der Waals surface area contributed by atoms with Crippen LogP contribution < -0.4 is 11.1 Å². The quantitative estimate of drug-likeness (QED) is 0.699. The minimum atomic E-state index is -1.04. The van der Waals surface area contributed by atoms with Gasteiger partial charge >= 0.3 is 5.97 Å². The molecule has 1 amide bonds. The number of rotatable bonds is 6. The molecule has 1 aromatic carbocycles. The van der Waals surface area contributed by atoms with Crippen LogP contribution in [0.2, 0.25) is 5.02 Å². The van der Waals surface area contributed by atoms with Gasteiger partial charge in [-0.1, -0.05) is 31.4 Å². The van der Waals surface area contributed by atoms with Crippen molar-refractivity contribution in [2.24, 2.45) is 0 Å². The first-order valence-corrected chi connectivity index (χ1v) is 6.41. The summed E-state index contributed by atoms with van der Waals surface area (Å²) in [6.07, 6.45) is 1.99. The molecule has 6 heteroatoms. The van der Waals surface area contributed by atoms with E-state index in [0.29, 0.717) is 17.1 Å². The molecule has 4 N–H and O–H groups in total. The second-order valence-corrected chi connectivity index (χ2v) is 4.72. The number of carbonyl (C=O) groups is 2. The minimum absolute atomic E-state index is 0.257. The van der Waals surface area contributed by atoms with E-state index < -0.39 is 17.9 Å². The molecule has 1 aromatic rings. The fourth-order valence-electron chi connectivity index (χ4n) is 1.65. The Morgan fingerprint density at radius 3 is 2.63 bits per heavy atom. The predicted molar refractivity (Wildman–Crippen MR) is 74.3 cm³/mol. The van der Waals surface area contributed by atoms with Gasteiger partial charge in [-0.25, -0.2) is 4.79 Å². The Balaban J connectivity index is 2.78. The normalized spacial score (nSPS) is 11.9. The number of anilines is 1. The highest BCUT2D eigenvalue weighted by Gasteiger charge is 2.20. The van der Waals surface area contributed by atoms with Crippen molar-refractivity contribution in [1.29, 1.82) is 0 Å². The van der Waals surface area contributed by atoms with Gasteiger partial charge in [0.1, 0.15) is 6.04 Å². The summed E-state index contributed by atoms with van der Waals surface area (Å²) < 4.78 is 0. The van der Waals surface area contributed by atoms with Gasteiger partial charge in [-0.05, 0) is 24.6 Å². The van der Waals surface area contributed by atoms with Crippen molar-refractivity contribution in [3.8, 4) is 0 Å². The van der Waals surface area contributed by atoms with E-state index in [2.05, 4.69) is 5.32 Å². The molecule has 0 unspecified atom stereocenters. The average Bonchev–Trinajstić information content (AvgIpc) is 2.32. The molecule has 0 bridgehead atoms. The smallest absolute Gasteiger partial charge is 0.326 e. The average molecular weight is 285 g/mol. The number of unbranched alkanes of at least 4 members (excludes halogenated alkanes) is 1. The van der Waals surface area contributed by atoms with Crippen LogP contribution in [0.5, 0.6) is 0 Å². The summed E-state index contributed by atoms with van der Waals surface area (Å²) in [5.41, 5.74) is 6.20. The van der Waals surface area contributed by atoms with Crippen molar-refractivity contribution in [3.05, 3.63) is 28.8 Å². The maximum atomic E-state index is 11.9.